The molecule has 104 valence electrons. The molecule has 0 amide bonds. The summed E-state index contributed by atoms with van der Waals surface area (Å²) in [5, 5.41) is 19.6. The van der Waals surface area contributed by atoms with Crippen LogP contribution in [0.25, 0.3) is 0 Å². The fourth-order valence-corrected chi connectivity index (χ4v) is 1.49. The molecule has 0 saturated heterocycles. The highest BCUT2D eigenvalue weighted by Gasteiger charge is 2.18. The van der Waals surface area contributed by atoms with Gasteiger partial charge in [0.1, 0.15) is 24.3 Å². The zero-order valence-electron chi connectivity index (χ0n) is 10.4. The van der Waals surface area contributed by atoms with Crippen LogP contribution in [0, 0.1) is 17.0 Å². The second-order valence-electron chi connectivity index (χ2n) is 3.93. The summed E-state index contributed by atoms with van der Waals surface area (Å²) in [7, 11) is 0. The lowest BCUT2D eigenvalue weighted by molar-refractivity contribution is -0.390. The summed E-state index contributed by atoms with van der Waals surface area (Å²) in [6.45, 7) is 1.50. The monoisotopic (exact) mass is 278 g/mol. The quantitative estimate of drug-likeness (QED) is 0.658. The highest BCUT2D eigenvalue weighted by atomic mass is 16.6. The normalized spacial score (nSPS) is 10.2. The van der Waals surface area contributed by atoms with E-state index in [1.54, 1.807) is 13.0 Å². The topological polar surface area (TPSA) is 116 Å². The molecule has 20 heavy (non-hydrogen) atoms. The molecule has 8 nitrogen and oxygen atoms in total. The SMILES string of the molecule is Cc1ccc(OCc2cc(C(=O)O)co2)c([N+](=O)[O-])n1. The number of nitrogens with zero attached hydrogens (tertiary/aromatic N) is 2. The number of furan rings is 1. The average molecular weight is 278 g/mol. The molecule has 1 N–H and O–H groups in total. The maximum Gasteiger partial charge on any atom is 0.406 e. The molecule has 0 fully saturated rings. The number of hydrogen-bond acceptors (Lipinski definition) is 6. The number of nitro groups is 1. The number of pyridine rings is 1. The van der Waals surface area contributed by atoms with Gasteiger partial charge in [-0.3, -0.25) is 0 Å². The molecule has 2 rings (SSSR count). The molecule has 2 heterocycles. The lowest BCUT2D eigenvalue weighted by Gasteiger charge is -2.04. The maximum absolute atomic E-state index is 10.8. The van der Waals surface area contributed by atoms with Crippen LogP contribution in [0.1, 0.15) is 21.8 Å². The molecule has 0 bridgehead atoms. The van der Waals surface area contributed by atoms with Gasteiger partial charge < -0.3 is 24.4 Å². The van der Waals surface area contributed by atoms with Crippen molar-refractivity contribution in [3.8, 4) is 5.75 Å². The summed E-state index contributed by atoms with van der Waals surface area (Å²) >= 11 is 0. The van der Waals surface area contributed by atoms with Gasteiger partial charge in [0, 0.05) is 6.92 Å². The largest absolute Gasteiger partial charge is 0.478 e. The van der Waals surface area contributed by atoms with Gasteiger partial charge >= 0.3 is 11.8 Å². The van der Waals surface area contributed by atoms with Crippen molar-refractivity contribution in [1.82, 2.24) is 4.98 Å². The highest BCUT2D eigenvalue weighted by Crippen LogP contribution is 2.25. The molecule has 0 spiro atoms. The number of rotatable bonds is 5. The second-order valence-corrected chi connectivity index (χ2v) is 3.93. The van der Waals surface area contributed by atoms with Gasteiger partial charge in [0.25, 0.3) is 0 Å². The predicted octanol–water partition coefficient (Wildman–Crippen LogP) is 2.17. The number of carboxylic acids is 1. The highest BCUT2D eigenvalue weighted by molar-refractivity contribution is 5.87. The van der Waals surface area contributed by atoms with Gasteiger partial charge in [-0.2, -0.15) is 0 Å². The van der Waals surface area contributed by atoms with Gasteiger partial charge in [-0.15, -0.1) is 0 Å². The molecule has 0 aliphatic heterocycles. The first-order valence-corrected chi connectivity index (χ1v) is 5.53. The minimum Gasteiger partial charge on any atom is -0.478 e. The Morgan fingerprint density at radius 2 is 2.30 bits per heavy atom. The summed E-state index contributed by atoms with van der Waals surface area (Å²) in [4.78, 5) is 24.6. The third kappa shape index (κ3) is 2.91. The Hall–Kier alpha value is -2.90. The lowest BCUT2D eigenvalue weighted by atomic mass is 10.3. The van der Waals surface area contributed by atoms with Crippen molar-refractivity contribution in [2.75, 3.05) is 0 Å². The van der Waals surface area contributed by atoms with E-state index in [2.05, 4.69) is 4.98 Å². The van der Waals surface area contributed by atoms with Gasteiger partial charge in [-0.25, -0.2) is 4.79 Å². The molecular weight excluding hydrogens is 268 g/mol. The lowest BCUT2D eigenvalue weighted by Crippen LogP contribution is -2.01. The predicted molar refractivity (Wildman–Crippen MR) is 65.6 cm³/mol. The summed E-state index contributed by atoms with van der Waals surface area (Å²) in [5.41, 5.74) is 0.482. The molecule has 0 aromatic carbocycles. The third-order valence-corrected chi connectivity index (χ3v) is 2.42. The molecule has 0 atom stereocenters. The van der Waals surface area contributed by atoms with Crippen molar-refractivity contribution in [1.29, 1.82) is 0 Å². The smallest absolute Gasteiger partial charge is 0.406 e. The maximum atomic E-state index is 10.8. The van der Waals surface area contributed by atoms with Crippen LogP contribution in [0.4, 0.5) is 5.82 Å². The van der Waals surface area contributed by atoms with Gasteiger partial charge in [-0.1, -0.05) is 0 Å². The van der Waals surface area contributed by atoms with Crippen molar-refractivity contribution in [2.45, 2.75) is 13.5 Å². The molecule has 0 radical (unpaired) electrons. The first-order valence-electron chi connectivity index (χ1n) is 5.53. The number of carbonyl (C=O) groups is 1. The van der Waals surface area contributed by atoms with Gasteiger partial charge in [0.05, 0.1) is 5.56 Å². The van der Waals surface area contributed by atoms with Crippen LogP contribution in [0.2, 0.25) is 0 Å². The number of aromatic nitrogens is 1. The van der Waals surface area contributed by atoms with Gasteiger partial charge in [0.15, 0.2) is 0 Å². The Labute approximate surface area is 112 Å². The molecular formula is C12H10N2O6. The van der Waals surface area contributed by atoms with E-state index in [-0.39, 0.29) is 23.7 Å². The Balaban J connectivity index is 2.14. The van der Waals surface area contributed by atoms with E-state index in [4.69, 9.17) is 14.3 Å². The number of hydrogen-bond donors (Lipinski definition) is 1. The first kappa shape index (κ1) is 13.5. The minimum absolute atomic E-state index is 0.00567. The fourth-order valence-electron chi connectivity index (χ4n) is 1.49. The van der Waals surface area contributed by atoms with E-state index >= 15 is 0 Å². The molecule has 2 aromatic heterocycles. The van der Waals surface area contributed by atoms with E-state index in [0.29, 0.717) is 5.69 Å². The van der Waals surface area contributed by atoms with Crippen molar-refractivity contribution >= 4 is 11.8 Å². The fraction of sp³-hybridized carbons (Fsp3) is 0.167. The third-order valence-electron chi connectivity index (χ3n) is 2.42. The van der Waals surface area contributed by atoms with E-state index in [9.17, 15) is 14.9 Å². The van der Waals surface area contributed by atoms with Gasteiger partial charge in [-0.05, 0) is 28.1 Å². The Morgan fingerprint density at radius 3 is 2.90 bits per heavy atom. The van der Waals surface area contributed by atoms with E-state index in [0.717, 1.165) is 6.26 Å². The Morgan fingerprint density at radius 1 is 1.55 bits per heavy atom. The standard InChI is InChI=1S/C12H10N2O6/c1-7-2-3-10(11(13-7)14(17)18)20-6-9-4-8(5-19-9)12(15)16/h2-5H,6H2,1H3,(H,15,16). The van der Waals surface area contributed by atoms with Crippen LogP contribution in [0.3, 0.4) is 0 Å². The van der Waals surface area contributed by atoms with E-state index < -0.39 is 16.7 Å². The number of carboxylic acid groups (broad SMARTS) is 1. The molecule has 2 aromatic rings. The Kier molecular flexibility index (Phi) is 3.65. The number of ether oxygens (including phenoxy) is 1. The second kappa shape index (κ2) is 5.39. The molecule has 0 aliphatic rings. The van der Waals surface area contributed by atoms with Gasteiger partial charge in [0.2, 0.25) is 5.75 Å². The number of aryl methyl sites for hydroxylation is 1. The van der Waals surface area contributed by atoms with Crippen LogP contribution in [-0.4, -0.2) is 21.0 Å². The molecule has 0 aliphatic carbocycles. The summed E-state index contributed by atoms with van der Waals surface area (Å²) in [5.74, 6) is -1.27. The van der Waals surface area contributed by atoms with Crippen LogP contribution in [0.5, 0.6) is 5.75 Å². The number of aromatic carboxylic acids is 1. The van der Waals surface area contributed by atoms with Crippen LogP contribution in [0.15, 0.2) is 28.9 Å². The van der Waals surface area contributed by atoms with Crippen molar-refractivity contribution in [2.24, 2.45) is 0 Å². The zero-order chi connectivity index (χ0) is 14.7. The van der Waals surface area contributed by atoms with E-state index in [1.807, 2.05) is 0 Å². The summed E-state index contributed by atoms with van der Waals surface area (Å²) in [6.07, 6.45) is 1.07. The average Bonchev–Trinajstić information content (AvgIpc) is 2.86. The first-order chi connectivity index (χ1) is 9.47. The summed E-state index contributed by atoms with van der Waals surface area (Å²) in [6, 6.07) is 4.30. The zero-order valence-corrected chi connectivity index (χ0v) is 10.4. The summed E-state index contributed by atoms with van der Waals surface area (Å²) < 4.78 is 10.2. The molecule has 8 heteroatoms. The van der Waals surface area contributed by atoms with Crippen molar-refractivity contribution < 1.29 is 24.0 Å². The molecule has 0 saturated carbocycles. The van der Waals surface area contributed by atoms with Crippen LogP contribution >= 0.6 is 0 Å². The minimum atomic E-state index is -1.12. The van der Waals surface area contributed by atoms with Crippen molar-refractivity contribution in [3.05, 3.63) is 51.6 Å². The van der Waals surface area contributed by atoms with Crippen molar-refractivity contribution in [3.63, 3.8) is 0 Å². The Bertz CT molecular complexity index is 664. The van der Waals surface area contributed by atoms with Crippen LogP contribution < -0.4 is 4.74 Å². The van der Waals surface area contributed by atoms with E-state index in [1.165, 1.54) is 12.1 Å². The molecule has 0 unspecified atom stereocenters. The van der Waals surface area contributed by atoms with Crippen LogP contribution in [-0.2, 0) is 6.61 Å².